The summed E-state index contributed by atoms with van der Waals surface area (Å²) in [4.78, 5) is 16.2. The third-order valence-corrected chi connectivity index (χ3v) is 5.83. The molecule has 0 aromatic carbocycles. The van der Waals surface area contributed by atoms with Gasteiger partial charge >= 0.3 is 0 Å². The van der Waals surface area contributed by atoms with Gasteiger partial charge in [0, 0.05) is 23.8 Å². The predicted octanol–water partition coefficient (Wildman–Crippen LogP) is 2.30. The lowest BCUT2D eigenvalue weighted by molar-refractivity contribution is -0.121. The van der Waals surface area contributed by atoms with E-state index in [1.807, 2.05) is 11.8 Å². The van der Waals surface area contributed by atoms with Crippen molar-refractivity contribution < 1.29 is 4.79 Å². The Balaban J connectivity index is 1.42. The lowest BCUT2D eigenvalue weighted by Gasteiger charge is -2.35. The number of thioether (sulfide) groups is 1. The standard InChI is InChI=1S/C15H25N3OS/c1-11-4-7-15(8-5-11)10-20-14(18-15)16-9-6-13(19)17-12-2-3-12/h11-12H,2-10H2,1H3,(H,16,18)(H,17,19). The molecule has 1 aliphatic heterocycles. The van der Waals surface area contributed by atoms with Crippen LogP contribution in [-0.4, -0.2) is 35.0 Å². The summed E-state index contributed by atoms with van der Waals surface area (Å²) in [7, 11) is 0. The second-order valence-electron chi connectivity index (χ2n) is 6.66. The molecule has 20 heavy (non-hydrogen) atoms. The molecule has 3 aliphatic rings. The van der Waals surface area contributed by atoms with Crippen molar-refractivity contribution in [3.63, 3.8) is 0 Å². The van der Waals surface area contributed by atoms with Gasteiger partial charge in [-0.15, -0.1) is 0 Å². The molecule has 0 atom stereocenters. The number of carbonyl (C=O) groups excluding carboxylic acids is 1. The van der Waals surface area contributed by atoms with Gasteiger partial charge in [-0.25, -0.2) is 0 Å². The van der Waals surface area contributed by atoms with Crippen LogP contribution in [-0.2, 0) is 4.79 Å². The first-order valence-corrected chi connectivity index (χ1v) is 8.89. The summed E-state index contributed by atoms with van der Waals surface area (Å²) >= 11 is 1.83. The van der Waals surface area contributed by atoms with Crippen molar-refractivity contribution in [1.29, 1.82) is 0 Å². The number of nitrogens with zero attached hydrogens (tertiary/aromatic N) is 1. The van der Waals surface area contributed by atoms with Crippen LogP contribution in [0.5, 0.6) is 0 Å². The molecule has 1 spiro atoms. The third kappa shape index (κ3) is 3.68. The molecule has 0 bridgehead atoms. The van der Waals surface area contributed by atoms with Gasteiger partial charge < -0.3 is 10.6 Å². The van der Waals surface area contributed by atoms with Crippen LogP contribution in [0.1, 0.15) is 51.9 Å². The van der Waals surface area contributed by atoms with Crippen molar-refractivity contribution in [2.24, 2.45) is 10.9 Å². The molecule has 0 unspecified atom stereocenters. The first kappa shape index (κ1) is 14.2. The summed E-state index contributed by atoms with van der Waals surface area (Å²) in [6.45, 7) is 2.96. The second-order valence-corrected chi connectivity index (χ2v) is 7.62. The van der Waals surface area contributed by atoms with Crippen molar-refractivity contribution in [3.05, 3.63) is 0 Å². The minimum Gasteiger partial charge on any atom is -0.359 e. The van der Waals surface area contributed by atoms with Crippen LogP contribution in [0.15, 0.2) is 4.99 Å². The number of amides is 1. The largest absolute Gasteiger partial charge is 0.359 e. The maximum atomic E-state index is 11.6. The zero-order valence-corrected chi connectivity index (χ0v) is 13.1. The number of rotatable bonds is 4. The van der Waals surface area contributed by atoms with Crippen LogP contribution in [0.25, 0.3) is 0 Å². The fourth-order valence-electron chi connectivity index (χ4n) is 2.96. The van der Waals surface area contributed by atoms with Crippen molar-refractivity contribution in [1.82, 2.24) is 10.6 Å². The van der Waals surface area contributed by atoms with E-state index in [1.165, 1.54) is 25.7 Å². The van der Waals surface area contributed by atoms with Crippen LogP contribution in [0, 0.1) is 5.92 Å². The molecule has 1 amide bonds. The molecule has 0 aromatic rings. The molecule has 5 heteroatoms. The smallest absolute Gasteiger partial charge is 0.222 e. The van der Waals surface area contributed by atoms with E-state index in [1.54, 1.807) is 0 Å². The molecule has 4 nitrogen and oxygen atoms in total. The predicted molar refractivity (Wildman–Crippen MR) is 84.0 cm³/mol. The van der Waals surface area contributed by atoms with Gasteiger partial charge in [-0.05, 0) is 44.4 Å². The van der Waals surface area contributed by atoms with Gasteiger partial charge in [0.2, 0.25) is 5.91 Å². The highest BCUT2D eigenvalue weighted by molar-refractivity contribution is 8.14. The van der Waals surface area contributed by atoms with Crippen molar-refractivity contribution >= 4 is 22.8 Å². The van der Waals surface area contributed by atoms with Gasteiger partial charge in [0.05, 0.1) is 6.54 Å². The summed E-state index contributed by atoms with van der Waals surface area (Å²) < 4.78 is 0. The molecule has 3 fully saturated rings. The zero-order valence-electron chi connectivity index (χ0n) is 12.3. The lowest BCUT2D eigenvalue weighted by Crippen LogP contribution is -2.46. The first-order valence-electron chi connectivity index (χ1n) is 7.90. The fourth-order valence-corrected chi connectivity index (χ4v) is 4.21. The number of carbonyl (C=O) groups is 1. The molecule has 3 rings (SSSR count). The van der Waals surface area contributed by atoms with Crippen LogP contribution < -0.4 is 10.6 Å². The Hall–Kier alpha value is -0.710. The van der Waals surface area contributed by atoms with Gasteiger partial charge in [0.1, 0.15) is 0 Å². The molecular weight excluding hydrogens is 270 g/mol. The van der Waals surface area contributed by atoms with Gasteiger partial charge in [-0.2, -0.15) is 0 Å². The topological polar surface area (TPSA) is 53.5 Å². The lowest BCUT2D eigenvalue weighted by atomic mass is 9.78. The fraction of sp³-hybridized carbons (Fsp3) is 0.867. The summed E-state index contributed by atoms with van der Waals surface area (Å²) in [6, 6.07) is 0.460. The summed E-state index contributed by atoms with van der Waals surface area (Å²) in [5, 5.41) is 7.69. The average Bonchev–Trinajstić information content (AvgIpc) is 3.15. The van der Waals surface area contributed by atoms with Crippen LogP contribution in [0.3, 0.4) is 0 Å². The summed E-state index contributed by atoms with van der Waals surface area (Å²) in [5.41, 5.74) is 0.298. The van der Waals surface area contributed by atoms with E-state index in [9.17, 15) is 4.79 Å². The minimum atomic E-state index is 0.154. The average molecular weight is 295 g/mol. The molecule has 1 saturated heterocycles. The van der Waals surface area contributed by atoms with Gasteiger partial charge in [0.25, 0.3) is 0 Å². The molecule has 112 valence electrons. The van der Waals surface area contributed by atoms with E-state index in [0.29, 0.717) is 24.5 Å². The number of nitrogens with one attached hydrogen (secondary N) is 2. The maximum Gasteiger partial charge on any atom is 0.222 e. The van der Waals surface area contributed by atoms with Crippen molar-refractivity contribution in [3.8, 4) is 0 Å². The number of amidine groups is 1. The van der Waals surface area contributed by atoms with Crippen molar-refractivity contribution in [2.45, 2.75) is 63.5 Å². The summed E-state index contributed by atoms with van der Waals surface area (Å²) in [6.07, 6.45) is 8.00. The monoisotopic (exact) mass is 295 g/mol. The third-order valence-electron chi connectivity index (χ3n) is 4.63. The Bertz CT molecular complexity index is 398. The highest BCUT2D eigenvalue weighted by atomic mass is 32.2. The van der Waals surface area contributed by atoms with Crippen LogP contribution >= 0.6 is 11.8 Å². The molecular formula is C15H25N3OS. The Morgan fingerprint density at radius 2 is 2.15 bits per heavy atom. The molecule has 2 N–H and O–H groups in total. The van der Waals surface area contributed by atoms with E-state index in [4.69, 9.17) is 0 Å². The van der Waals surface area contributed by atoms with Crippen LogP contribution in [0.4, 0.5) is 0 Å². The van der Waals surface area contributed by atoms with E-state index < -0.39 is 0 Å². The van der Waals surface area contributed by atoms with E-state index in [0.717, 1.165) is 29.7 Å². The van der Waals surface area contributed by atoms with E-state index in [-0.39, 0.29) is 5.91 Å². The molecule has 2 aliphatic carbocycles. The Labute approximate surface area is 125 Å². The molecule has 0 radical (unpaired) electrons. The molecule has 2 saturated carbocycles. The molecule has 0 aromatic heterocycles. The minimum absolute atomic E-state index is 0.154. The van der Waals surface area contributed by atoms with E-state index >= 15 is 0 Å². The summed E-state index contributed by atoms with van der Waals surface area (Å²) in [5.74, 6) is 2.17. The Morgan fingerprint density at radius 1 is 1.40 bits per heavy atom. The first-order chi connectivity index (χ1) is 9.65. The Kier molecular flexibility index (Phi) is 4.24. The SMILES string of the molecule is CC1CCC2(CC1)CSC(=NCCC(=O)NC1CC1)N2. The Morgan fingerprint density at radius 3 is 2.85 bits per heavy atom. The van der Waals surface area contributed by atoms with E-state index in [2.05, 4.69) is 22.5 Å². The van der Waals surface area contributed by atoms with Crippen LogP contribution in [0.2, 0.25) is 0 Å². The van der Waals surface area contributed by atoms with Gasteiger partial charge in [-0.3, -0.25) is 9.79 Å². The molecule has 1 heterocycles. The van der Waals surface area contributed by atoms with Gasteiger partial charge in [0.15, 0.2) is 5.17 Å². The number of aliphatic imine (C=N–C) groups is 1. The normalized spacial score (nSPS) is 35.2. The number of hydrogen-bond donors (Lipinski definition) is 2. The number of hydrogen-bond acceptors (Lipinski definition) is 3. The van der Waals surface area contributed by atoms with Crippen molar-refractivity contribution in [2.75, 3.05) is 12.3 Å². The quantitative estimate of drug-likeness (QED) is 0.837. The highest BCUT2D eigenvalue weighted by Crippen LogP contribution is 2.38. The highest BCUT2D eigenvalue weighted by Gasteiger charge is 2.39. The maximum absolute atomic E-state index is 11.6. The second kappa shape index (κ2) is 5.96. The van der Waals surface area contributed by atoms with Gasteiger partial charge in [-0.1, -0.05) is 18.7 Å². The zero-order chi connectivity index (χ0) is 14.0.